The first-order chi connectivity index (χ1) is 12.3. The number of nitriles is 1. The van der Waals surface area contributed by atoms with Crippen molar-refractivity contribution in [1.29, 1.82) is 5.26 Å². The number of likely N-dealkylation sites (tertiary alicyclic amines) is 1. The molecule has 0 spiro atoms. The van der Waals surface area contributed by atoms with E-state index in [9.17, 15) is 4.79 Å². The second-order valence-electron chi connectivity index (χ2n) is 8.09. The summed E-state index contributed by atoms with van der Waals surface area (Å²) in [6, 6.07) is 2.03. The standard InChI is InChI=1S/C19H30N6O/c1-15-5-9-25(10-6-15)12-17(26)24(4)14-19(2,3)13-23-18-16(11-20)21-7-8-22-18/h7-8,15H,5-6,9-10,12-14H2,1-4H3,(H,22,23). The number of hydrogen-bond donors (Lipinski definition) is 1. The van der Waals surface area contributed by atoms with Crippen molar-refractivity contribution in [2.24, 2.45) is 11.3 Å². The third-order valence-electron chi connectivity index (χ3n) is 4.86. The number of nitrogens with one attached hydrogen (secondary N) is 1. The molecule has 0 aliphatic carbocycles. The van der Waals surface area contributed by atoms with Gasteiger partial charge in [-0.1, -0.05) is 20.8 Å². The van der Waals surface area contributed by atoms with Gasteiger partial charge < -0.3 is 10.2 Å². The third-order valence-corrected chi connectivity index (χ3v) is 4.86. The van der Waals surface area contributed by atoms with Gasteiger partial charge in [0.15, 0.2) is 11.5 Å². The molecule has 1 fully saturated rings. The molecule has 0 unspecified atom stereocenters. The van der Waals surface area contributed by atoms with Crippen molar-refractivity contribution in [3.8, 4) is 6.07 Å². The molecule has 1 aliphatic heterocycles. The predicted molar refractivity (Wildman–Crippen MR) is 101 cm³/mol. The molecule has 1 aromatic rings. The molecule has 142 valence electrons. The minimum Gasteiger partial charge on any atom is -0.367 e. The smallest absolute Gasteiger partial charge is 0.236 e. The summed E-state index contributed by atoms with van der Waals surface area (Å²) in [5.74, 6) is 1.41. The summed E-state index contributed by atoms with van der Waals surface area (Å²) in [7, 11) is 1.86. The van der Waals surface area contributed by atoms with E-state index in [0.29, 0.717) is 25.5 Å². The van der Waals surface area contributed by atoms with Gasteiger partial charge in [0, 0.05) is 32.5 Å². The van der Waals surface area contributed by atoms with E-state index in [1.54, 1.807) is 6.20 Å². The van der Waals surface area contributed by atoms with Gasteiger partial charge in [-0.25, -0.2) is 9.97 Å². The van der Waals surface area contributed by atoms with Crippen molar-refractivity contribution in [3.63, 3.8) is 0 Å². The number of aromatic nitrogens is 2. The summed E-state index contributed by atoms with van der Waals surface area (Å²) < 4.78 is 0. The molecule has 1 aromatic heterocycles. The minimum atomic E-state index is -0.162. The zero-order chi connectivity index (χ0) is 19.2. The van der Waals surface area contributed by atoms with E-state index in [2.05, 4.69) is 41.0 Å². The largest absolute Gasteiger partial charge is 0.367 e. The van der Waals surface area contributed by atoms with E-state index < -0.39 is 0 Å². The van der Waals surface area contributed by atoms with Crippen molar-refractivity contribution in [3.05, 3.63) is 18.1 Å². The van der Waals surface area contributed by atoms with Crippen LogP contribution in [0.5, 0.6) is 0 Å². The Hall–Kier alpha value is -2.20. The maximum absolute atomic E-state index is 12.5. The lowest BCUT2D eigenvalue weighted by Gasteiger charge is -2.34. The lowest BCUT2D eigenvalue weighted by Crippen LogP contribution is -2.45. The Kier molecular flexibility index (Phi) is 6.92. The van der Waals surface area contributed by atoms with E-state index in [4.69, 9.17) is 5.26 Å². The maximum atomic E-state index is 12.5. The second-order valence-corrected chi connectivity index (χ2v) is 8.09. The van der Waals surface area contributed by atoms with Crippen molar-refractivity contribution in [2.45, 2.75) is 33.6 Å². The van der Waals surface area contributed by atoms with E-state index in [1.807, 2.05) is 18.0 Å². The van der Waals surface area contributed by atoms with Crippen LogP contribution in [0.3, 0.4) is 0 Å². The fourth-order valence-corrected chi connectivity index (χ4v) is 3.19. The first-order valence-electron chi connectivity index (χ1n) is 9.22. The Morgan fingerprint density at radius 2 is 2.04 bits per heavy atom. The average molecular weight is 358 g/mol. The molecule has 7 nitrogen and oxygen atoms in total. The first kappa shape index (κ1) is 20.1. The molecule has 1 N–H and O–H groups in total. The van der Waals surface area contributed by atoms with Crippen LogP contribution in [0.2, 0.25) is 0 Å². The molecule has 0 radical (unpaired) electrons. The van der Waals surface area contributed by atoms with Gasteiger partial charge in [0.05, 0.1) is 6.54 Å². The summed E-state index contributed by atoms with van der Waals surface area (Å²) >= 11 is 0. The summed E-state index contributed by atoms with van der Waals surface area (Å²) in [6.07, 6.45) is 5.41. The highest BCUT2D eigenvalue weighted by Gasteiger charge is 2.25. The lowest BCUT2D eigenvalue weighted by molar-refractivity contribution is -0.132. The SMILES string of the molecule is CC1CCN(CC(=O)N(C)CC(C)(C)CNc2nccnc2C#N)CC1. The first-order valence-corrected chi connectivity index (χ1v) is 9.22. The Labute approximate surface area is 156 Å². The Bertz CT molecular complexity index is 646. The molecule has 2 heterocycles. The van der Waals surface area contributed by atoms with Crippen molar-refractivity contribution in [2.75, 3.05) is 45.1 Å². The van der Waals surface area contributed by atoms with Gasteiger partial charge in [-0.15, -0.1) is 0 Å². The predicted octanol–water partition coefficient (Wildman–Crippen LogP) is 1.98. The van der Waals surface area contributed by atoms with Crippen LogP contribution >= 0.6 is 0 Å². The van der Waals surface area contributed by atoms with Gasteiger partial charge in [-0.3, -0.25) is 9.69 Å². The van der Waals surface area contributed by atoms with Gasteiger partial charge in [0.25, 0.3) is 0 Å². The van der Waals surface area contributed by atoms with Crippen LogP contribution in [0.25, 0.3) is 0 Å². The quantitative estimate of drug-likeness (QED) is 0.802. The minimum absolute atomic E-state index is 0.157. The third kappa shape index (κ3) is 5.95. The molecule has 2 rings (SSSR count). The number of carbonyl (C=O) groups is 1. The number of amides is 1. The molecule has 1 saturated heterocycles. The van der Waals surface area contributed by atoms with Gasteiger partial charge in [-0.2, -0.15) is 5.26 Å². The zero-order valence-electron chi connectivity index (χ0n) is 16.3. The molecule has 26 heavy (non-hydrogen) atoms. The summed E-state index contributed by atoms with van der Waals surface area (Å²) in [5, 5.41) is 12.3. The monoisotopic (exact) mass is 358 g/mol. The van der Waals surface area contributed by atoms with Crippen molar-refractivity contribution < 1.29 is 4.79 Å². The van der Waals surface area contributed by atoms with E-state index in [1.165, 1.54) is 19.0 Å². The number of nitrogens with zero attached hydrogens (tertiary/aromatic N) is 5. The number of rotatable bonds is 7. The van der Waals surface area contributed by atoms with E-state index >= 15 is 0 Å². The Morgan fingerprint density at radius 1 is 1.38 bits per heavy atom. The maximum Gasteiger partial charge on any atom is 0.236 e. The Morgan fingerprint density at radius 3 is 2.69 bits per heavy atom. The molecule has 0 bridgehead atoms. The molecule has 1 amide bonds. The number of hydrogen-bond acceptors (Lipinski definition) is 6. The highest BCUT2D eigenvalue weighted by Crippen LogP contribution is 2.19. The van der Waals surface area contributed by atoms with Crippen LogP contribution < -0.4 is 5.32 Å². The summed E-state index contributed by atoms with van der Waals surface area (Å²) in [5.41, 5.74) is 0.123. The number of carbonyl (C=O) groups excluding carboxylic acids is 1. The van der Waals surface area contributed by atoms with Crippen LogP contribution in [0.15, 0.2) is 12.4 Å². The average Bonchev–Trinajstić information content (AvgIpc) is 2.61. The van der Waals surface area contributed by atoms with Gasteiger partial charge in [0.2, 0.25) is 5.91 Å². The fraction of sp³-hybridized carbons (Fsp3) is 0.684. The molecule has 0 aromatic carbocycles. The molecule has 7 heteroatoms. The zero-order valence-corrected chi connectivity index (χ0v) is 16.3. The second kappa shape index (κ2) is 8.95. The van der Waals surface area contributed by atoms with Crippen LogP contribution in [-0.2, 0) is 4.79 Å². The highest BCUT2D eigenvalue weighted by molar-refractivity contribution is 5.78. The number of anilines is 1. The molecule has 1 aliphatic rings. The molecule has 0 atom stereocenters. The normalized spacial score (nSPS) is 16.1. The van der Waals surface area contributed by atoms with E-state index in [0.717, 1.165) is 19.0 Å². The van der Waals surface area contributed by atoms with Crippen molar-refractivity contribution >= 4 is 11.7 Å². The van der Waals surface area contributed by atoms with Crippen LogP contribution in [0.4, 0.5) is 5.82 Å². The lowest BCUT2D eigenvalue weighted by atomic mass is 9.92. The number of piperidine rings is 1. The van der Waals surface area contributed by atoms with Crippen LogP contribution in [-0.4, -0.2) is 65.4 Å². The molecule has 0 saturated carbocycles. The van der Waals surface area contributed by atoms with E-state index in [-0.39, 0.29) is 17.0 Å². The van der Waals surface area contributed by atoms with Gasteiger partial charge in [0.1, 0.15) is 6.07 Å². The highest BCUT2D eigenvalue weighted by atomic mass is 16.2. The van der Waals surface area contributed by atoms with Crippen LogP contribution in [0, 0.1) is 22.7 Å². The van der Waals surface area contributed by atoms with Crippen molar-refractivity contribution in [1.82, 2.24) is 19.8 Å². The number of likely N-dealkylation sites (N-methyl/N-ethyl adjacent to an activating group) is 1. The fourth-order valence-electron chi connectivity index (χ4n) is 3.19. The summed E-state index contributed by atoms with van der Waals surface area (Å²) in [6.45, 7) is 10.2. The van der Waals surface area contributed by atoms with Crippen LogP contribution in [0.1, 0.15) is 39.3 Å². The molecular formula is C19H30N6O. The Balaban J connectivity index is 1.83. The summed E-state index contributed by atoms with van der Waals surface area (Å²) in [4.78, 5) is 24.8. The van der Waals surface area contributed by atoms with Gasteiger partial charge in [-0.05, 0) is 37.3 Å². The topological polar surface area (TPSA) is 85.2 Å². The van der Waals surface area contributed by atoms with Gasteiger partial charge >= 0.3 is 0 Å². The molecular weight excluding hydrogens is 328 g/mol.